The van der Waals surface area contributed by atoms with E-state index in [0.29, 0.717) is 32.0 Å². The molecule has 2 unspecified atom stereocenters. The largest absolute Gasteiger partial charge is 0.392 e. The van der Waals surface area contributed by atoms with E-state index in [4.69, 9.17) is 5.26 Å². The minimum atomic E-state index is -0.411. The van der Waals surface area contributed by atoms with Gasteiger partial charge in [-0.25, -0.2) is 0 Å². The summed E-state index contributed by atoms with van der Waals surface area (Å²) in [5, 5.41) is 21.0. The Morgan fingerprint density at radius 3 is 2.81 bits per heavy atom. The molecule has 2 aliphatic rings. The van der Waals surface area contributed by atoms with Gasteiger partial charge >= 0.3 is 0 Å². The van der Waals surface area contributed by atoms with E-state index >= 15 is 0 Å². The number of nitriles is 1. The minimum absolute atomic E-state index is 0.0503. The van der Waals surface area contributed by atoms with Gasteiger partial charge < -0.3 is 15.3 Å². The molecule has 2 atom stereocenters. The first-order valence-electron chi connectivity index (χ1n) is 5.81. The maximum atomic E-state index is 12.1. The van der Waals surface area contributed by atoms with Gasteiger partial charge in [0.25, 0.3) is 0 Å². The molecule has 0 bridgehead atoms. The lowest BCUT2D eigenvalue weighted by Gasteiger charge is -2.24. The van der Waals surface area contributed by atoms with E-state index in [1.807, 2.05) is 0 Å². The molecule has 0 spiro atoms. The Kier molecular flexibility index (Phi) is 3.42. The normalized spacial score (nSPS) is 28.8. The highest BCUT2D eigenvalue weighted by molar-refractivity contribution is 5.83. The molecule has 1 aliphatic heterocycles. The molecule has 0 radical (unpaired) electrons. The molecule has 0 aromatic rings. The molecule has 2 rings (SSSR count). The van der Waals surface area contributed by atoms with Gasteiger partial charge in [-0.1, -0.05) is 0 Å². The Balaban J connectivity index is 1.91. The van der Waals surface area contributed by atoms with Gasteiger partial charge in [0.1, 0.15) is 0 Å². The molecule has 16 heavy (non-hydrogen) atoms. The van der Waals surface area contributed by atoms with Gasteiger partial charge in [-0.3, -0.25) is 4.79 Å². The molecule has 0 aromatic heterocycles. The third-order valence-electron chi connectivity index (χ3n) is 3.14. The van der Waals surface area contributed by atoms with Crippen LogP contribution in [0, 0.1) is 11.3 Å². The smallest absolute Gasteiger partial charge is 0.240 e. The van der Waals surface area contributed by atoms with Gasteiger partial charge in [0.05, 0.1) is 24.6 Å². The van der Waals surface area contributed by atoms with Crippen LogP contribution in [0.2, 0.25) is 0 Å². The molecule has 1 aliphatic carbocycles. The minimum Gasteiger partial charge on any atom is -0.392 e. The fraction of sp³-hybridized carbons (Fsp3) is 0.818. The van der Waals surface area contributed by atoms with Crippen molar-refractivity contribution in [1.82, 2.24) is 10.2 Å². The molecule has 5 nitrogen and oxygen atoms in total. The summed E-state index contributed by atoms with van der Waals surface area (Å²) in [5.74, 6) is 0.0503. The molecular weight excluding hydrogens is 206 g/mol. The van der Waals surface area contributed by atoms with Crippen LogP contribution in [0.1, 0.15) is 25.7 Å². The van der Waals surface area contributed by atoms with Crippen LogP contribution in [0.4, 0.5) is 0 Å². The number of β-amino-alcohol motifs (C(OH)–C–C–N with tert-alkyl or cyclic N) is 1. The Labute approximate surface area is 95.0 Å². The summed E-state index contributed by atoms with van der Waals surface area (Å²) >= 11 is 0. The van der Waals surface area contributed by atoms with Crippen LogP contribution in [0.3, 0.4) is 0 Å². The number of amides is 1. The number of hydrogen-bond donors (Lipinski definition) is 2. The van der Waals surface area contributed by atoms with Crippen molar-refractivity contribution in [2.45, 2.75) is 43.9 Å². The van der Waals surface area contributed by atoms with Crippen molar-refractivity contribution in [2.75, 3.05) is 13.1 Å². The lowest BCUT2D eigenvalue weighted by Crippen LogP contribution is -2.45. The highest BCUT2D eigenvalue weighted by atomic mass is 16.3. The summed E-state index contributed by atoms with van der Waals surface area (Å²) in [4.78, 5) is 13.9. The second-order valence-electron chi connectivity index (χ2n) is 4.52. The molecule has 5 heteroatoms. The second-order valence-corrected chi connectivity index (χ2v) is 4.52. The molecule has 2 N–H and O–H groups in total. The predicted octanol–water partition coefficient (Wildman–Crippen LogP) is -0.386. The topological polar surface area (TPSA) is 76.4 Å². The number of rotatable bonds is 4. The second kappa shape index (κ2) is 4.81. The van der Waals surface area contributed by atoms with Crippen LogP contribution in [-0.4, -0.2) is 47.2 Å². The first kappa shape index (κ1) is 11.4. The maximum absolute atomic E-state index is 12.1. The van der Waals surface area contributed by atoms with Crippen molar-refractivity contribution in [3.8, 4) is 6.07 Å². The maximum Gasteiger partial charge on any atom is 0.240 e. The van der Waals surface area contributed by atoms with Crippen molar-refractivity contribution in [3.05, 3.63) is 0 Å². The van der Waals surface area contributed by atoms with Gasteiger partial charge in [-0.15, -0.1) is 0 Å². The van der Waals surface area contributed by atoms with Crippen LogP contribution in [0.15, 0.2) is 0 Å². The van der Waals surface area contributed by atoms with Gasteiger partial charge in [0.15, 0.2) is 0 Å². The summed E-state index contributed by atoms with van der Waals surface area (Å²) in [7, 11) is 0. The zero-order valence-corrected chi connectivity index (χ0v) is 9.22. The quantitative estimate of drug-likeness (QED) is 0.681. The average molecular weight is 223 g/mol. The summed E-state index contributed by atoms with van der Waals surface area (Å²) in [6.07, 6.45) is 2.57. The van der Waals surface area contributed by atoms with Gasteiger partial charge in [0.2, 0.25) is 5.91 Å². The molecule has 88 valence electrons. The molecule has 1 amide bonds. The van der Waals surface area contributed by atoms with Crippen LogP contribution >= 0.6 is 0 Å². The fourth-order valence-electron chi connectivity index (χ4n) is 2.13. The third-order valence-corrected chi connectivity index (χ3v) is 3.14. The van der Waals surface area contributed by atoms with E-state index in [-0.39, 0.29) is 11.9 Å². The van der Waals surface area contributed by atoms with Gasteiger partial charge in [-0.05, 0) is 19.3 Å². The van der Waals surface area contributed by atoms with Crippen LogP contribution in [-0.2, 0) is 4.79 Å². The van der Waals surface area contributed by atoms with Crippen LogP contribution < -0.4 is 5.32 Å². The fourth-order valence-corrected chi connectivity index (χ4v) is 2.13. The average Bonchev–Trinajstić information content (AvgIpc) is 3.01. The highest BCUT2D eigenvalue weighted by Gasteiger charge is 2.37. The zero-order valence-electron chi connectivity index (χ0n) is 9.22. The Morgan fingerprint density at radius 1 is 1.56 bits per heavy atom. The van der Waals surface area contributed by atoms with E-state index in [2.05, 4.69) is 11.4 Å². The third kappa shape index (κ3) is 2.52. The van der Waals surface area contributed by atoms with Crippen LogP contribution in [0.5, 0.6) is 0 Å². The number of nitrogens with zero attached hydrogens (tertiary/aromatic N) is 2. The van der Waals surface area contributed by atoms with Gasteiger partial charge in [0, 0.05) is 19.1 Å². The summed E-state index contributed by atoms with van der Waals surface area (Å²) < 4.78 is 0. The van der Waals surface area contributed by atoms with Gasteiger partial charge in [-0.2, -0.15) is 5.26 Å². The highest BCUT2D eigenvalue weighted by Crippen LogP contribution is 2.28. The monoisotopic (exact) mass is 223 g/mol. The molecule has 1 saturated carbocycles. The number of hydrogen-bond acceptors (Lipinski definition) is 4. The number of nitrogens with one attached hydrogen (secondary N) is 1. The summed E-state index contributed by atoms with van der Waals surface area (Å²) in [5.41, 5.74) is 0. The van der Waals surface area contributed by atoms with E-state index in [1.165, 1.54) is 0 Å². The van der Waals surface area contributed by atoms with Crippen molar-refractivity contribution in [2.24, 2.45) is 0 Å². The molecule has 1 heterocycles. The van der Waals surface area contributed by atoms with Crippen molar-refractivity contribution < 1.29 is 9.90 Å². The standard InChI is InChI=1S/C11H17N3O2/c12-4-1-5-14(8-2-3-8)11(16)10-6-9(15)7-13-10/h8-10,13,15H,1-3,5-7H2. The van der Waals surface area contributed by atoms with E-state index < -0.39 is 6.10 Å². The Hall–Kier alpha value is -1.12. The lowest BCUT2D eigenvalue weighted by molar-refractivity contribution is -0.133. The SMILES string of the molecule is N#CCCN(C(=O)C1CC(O)CN1)C1CC1. The summed E-state index contributed by atoms with van der Waals surface area (Å²) in [6, 6.07) is 2.15. The number of aliphatic hydroxyl groups excluding tert-OH is 1. The predicted molar refractivity (Wildman–Crippen MR) is 57.4 cm³/mol. The van der Waals surface area contributed by atoms with E-state index in [0.717, 1.165) is 12.8 Å². The first-order valence-corrected chi connectivity index (χ1v) is 5.81. The lowest BCUT2D eigenvalue weighted by atomic mass is 10.1. The van der Waals surface area contributed by atoms with E-state index in [1.54, 1.807) is 4.90 Å². The Morgan fingerprint density at radius 2 is 2.31 bits per heavy atom. The molecular formula is C11H17N3O2. The molecule has 2 fully saturated rings. The van der Waals surface area contributed by atoms with Crippen LogP contribution in [0.25, 0.3) is 0 Å². The zero-order chi connectivity index (χ0) is 11.5. The number of carbonyl (C=O) groups excluding carboxylic acids is 1. The number of aliphatic hydroxyl groups is 1. The molecule has 1 saturated heterocycles. The summed E-state index contributed by atoms with van der Waals surface area (Å²) in [6.45, 7) is 1.02. The van der Waals surface area contributed by atoms with Crippen molar-refractivity contribution >= 4 is 5.91 Å². The van der Waals surface area contributed by atoms with E-state index in [9.17, 15) is 9.90 Å². The molecule has 0 aromatic carbocycles. The van der Waals surface area contributed by atoms with Crippen molar-refractivity contribution in [3.63, 3.8) is 0 Å². The number of carbonyl (C=O) groups is 1. The first-order chi connectivity index (χ1) is 7.72. The van der Waals surface area contributed by atoms with Crippen molar-refractivity contribution in [1.29, 1.82) is 5.26 Å². The Bertz CT molecular complexity index is 309.